The minimum Gasteiger partial charge on any atom is -0.377 e. The predicted octanol–water partition coefficient (Wildman–Crippen LogP) is 5.20. The second kappa shape index (κ2) is 10.8. The maximum absolute atomic E-state index is 13.1. The van der Waals surface area contributed by atoms with Crippen molar-refractivity contribution in [3.8, 4) is 0 Å². The Morgan fingerprint density at radius 2 is 2.00 bits per heavy atom. The first kappa shape index (κ1) is 24.6. The number of nitrogens with one attached hydrogen (secondary N) is 1. The van der Waals surface area contributed by atoms with E-state index in [4.69, 9.17) is 16.3 Å². The van der Waals surface area contributed by atoms with Gasteiger partial charge >= 0.3 is 6.18 Å². The minimum atomic E-state index is -4.58. The van der Waals surface area contributed by atoms with E-state index in [2.05, 4.69) is 15.5 Å². The van der Waals surface area contributed by atoms with Crippen LogP contribution in [0, 0.1) is 0 Å². The van der Waals surface area contributed by atoms with Crippen molar-refractivity contribution in [2.45, 2.75) is 43.4 Å². The van der Waals surface area contributed by atoms with Gasteiger partial charge < -0.3 is 14.6 Å². The molecule has 0 bridgehead atoms. The number of carbonyl (C=O) groups is 1. The fourth-order valence-corrected chi connectivity index (χ4v) is 4.78. The zero-order valence-electron chi connectivity index (χ0n) is 18.0. The van der Waals surface area contributed by atoms with Crippen molar-refractivity contribution in [1.82, 2.24) is 20.1 Å². The molecule has 34 heavy (non-hydrogen) atoms. The Kier molecular flexibility index (Phi) is 7.80. The maximum atomic E-state index is 13.1. The van der Waals surface area contributed by atoms with Crippen LogP contribution in [0.3, 0.4) is 0 Å². The molecule has 1 fully saturated rings. The highest BCUT2D eigenvalue weighted by Gasteiger charge is 2.31. The molecule has 1 N–H and O–H groups in total. The fourth-order valence-electron chi connectivity index (χ4n) is 3.55. The van der Waals surface area contributed by atoms with Gasteiger partial charge in [0.05, 0.1) is 35.3 Å². The summed E-state index contributed by atoms with van der Waals surface area (Å²) < 4.78 is 46.7. The molecule has 180 valence electrons. The largest absolute Gasteiger partial charge is 0.416 e. The highest BCUT2D eigenvalue weighted by Crippen LogP contribution is 2.32. The lowest BCUT2D eigenvalue weighted by atomic mass is 10.1. The Balaban J connectivity index is 1.51. The van der Waals surface area contributed by atoms with Gasteiger partial charge in [-0.15, -0.1) is 10.2 Å². The number of thioether (sulfide) groups is 1. The van der Waals surface area contributed by atoms with Gasteiger partial charge in [-0.05, 0) is 36.6 Å². The van der Waals surface area contributed by atoms with E-state index in [9.17, 15) is 18.0 Å². The Labute approximate surface area is 203 Å². The molecule has 0 radical (unpaired) electrons. The number of aromatic nitrogens is 3. The zero-order chi connectivity index (χ0) is 24.1. The SMILES string of the molecule is O=C(NCc1nnc(SC[C@@H]2CCCO2)n1Cc1ccccc1)c1cc(C(F)(F)F)ccc1Cl. The first-order chi connectivity index (χ1) is 16.3. The Bertz CT molecular complexity index is 1130. The summed E-state index contributed by atoms with van der Waals surface area (Å²) in [7, 11) is 0. The first-order valence-corrected chi connectivity index (χ1v) is 12.0. The highest BCUT2D eigenvalue weighted by atomic mass is 35.5. The number of halogens is 4. The molecule has 1 atom stereocenters. The summed E-state index contributed by atoms with van der Waals surface area (Å²) in [4.78, 5) is 12.7. The standard InChI is InChI=1S/C23H22ClF3N4O2S/c24-19-9-8-16(23(25,26)27)11-18(19)21(32)28-12-20-29-30-22(34-14-17-7-4-10-33-17)31(20)13-15-5-2-1-3-6-15/h1-3,5-6,8-9,11,17H,4,7,10,12-14H2,(H,28,32)/t17-/m0/s1. The number of amides is 1. The van der Waals surface area contributed by atoms with E-state index < -0.39 is 17.6 Å². The van der Waals surface area contributed by atoms with E-state index in [0.29, 0.717) is 17.5 Å². The number of hydrogen-bond donors (Lipinski definition) is 1. The van der Waals surface area contributed by atoms with Crippen molar-refractivity contribution >= 4 is 29.3 Å². The van der Waals surface area contributed by atoms with Crippen LogP contribution in [0.5, 0.6) is 0 Å². The first-order valence-electron chi connectivity index (χ1n) is 10.7. The summed E-state index contributed by atoms with van der Waals surface area (Å²) in [5.41, 5.74) is -0.171. The van der Waals surface area contributed by atoms with E-state index >= 15 is 0 Å². The third-order valence-corrected chi connectivity index (χ3v) is 6.77. The molecule has 0 spiro atoms. The van der Waals surface area contributed by atoms with Crippen molar-refractivity contribution in [2.75, 3.05) is 12.4 Å². The Hall–Kier alpha value is -2.56. The molecule has 0 unspecified atom stereocenters. The molecule has 0 aliphatic carbocycles. The van der Waals surface area contributed by atoms with Gasteiger partial charge in [0.25, 0.3) is 5.91 Å². The fraction of sp³-hybridized carbons (Fsp3) is 0.348. The lowest BCUT2D eigenvalue weighted by Gasteiger charge is -2.13. The van der Waals surface area contributed by atoms with Crippen LogP contribution in [0.25, 0.3) is 0 Å². The molecule has 2 aromatic carbocycles. The molecule has 1 saturated heterocycles. The number of ether oxygens (including phenoxy) is 1. The molecule has 11 heteroatoms. The number of hydrogen-bond acceptors (Lipinski definition) is 5. The molecule has 1 aliphatic heterocycles. The summed E-state index contributed by atoms with van der Waals surface area (Å²) in [6.07, 6.45) is -2.37. The van der Waals surface area contributed by atoms with E-state index in [-0.39, 0.29) is 23.2 Å². The zero-order valence-corrected chi connectivity index (χ0v) is 19.6. The van der Waals surface area contributed by atoms with Crippen LogP contribution in [-0.4, -0.2) is 39.1 Å². The van der Waals surface area contributed by atoms with Gasteiger partial charge in [0.1, 0.15) is 0 Å². The van der Waals surface area contributed by atoms with Gasteiger partial charge in [0.2, 0.25) is 0 Å². The molecule has 0 saturated carbocycles. The van der Waals surface area contributed by atoms with Crippen molar-refractivity contribution in [3.05, 3.63) is 76.1 Å². The smallest absolute Gasteiger partial charge is 0.377 e. The molecule has 6 nitrogen and oxygen atoms in total. The number of alkyl halides is 3. The molecular formula is C23H22ClF3N4O2S. The van der Waals surface area contributed by atoms with E-state index in [1.165, 1.54) is 11.8 Å². The van der Waals surface area contributed by atoms with Crippen LogP contribution in [0.1, 0.15) is 40.2 Å². The van der Waals surface area contributed by atoms with Crippen LogP contribution < -0.4 is 5.32 Å². The highest BCUT2D eigenvalue weighted by molar-refractivity contribution is 7.99. The molecular weight excluding hydrogens is 489 g/mol. The maximum Gasteiger partial charge on any atom is 0.416 e. The van der Waals surface area contributed by atoms with Crippen LogP contribution in [0.4, 0.5) is 13.2 Å². The summed E-state index contributed by atoms with van der Waals surface area (Å²) in [6.45, 7) is 1.22. The van der Waals surface area contributed by atoms with Crippen molar-refractivity contribution in [2.24, 2.45) is 0 Å². The predicted molar refractivity (Wildman–Crippen MR) is 123 cm³/mol. The quantitative estimate of drug-likeness (QED) is 0.422. The molecule has 3 aromatic rings. The second-order valence-corrected chi connectivity index (χ2v) is 9.19. The summed E-state index contributed by atoms with van der Waals surface area (Å²) in [6, 6.07) is 12.4. The minimum absolute atomic E-state index is 0.0221. The number of benzene rings is 2. The number of rotatable bonds is 8. The normalized spacial score (nSPS) is 16.1. The number of nitrogens with zero attached hydrogens (tertiary/aromatic N) is 3. The Morgan fingerprint density at radius 1 is 1.21 bits per heavy atom. The average Bonchev–Trinajstić information content (AvgIpc) is 3.46. The van der Waals surface area contributed by atoms with Crippen molar-refractivity contribution < 1.29 is 22.7 Å². The molecule has 4 rings (SSSR count). The second-order valence-electron chi connectivity index (χ2n) is 7.79. The van der Waals surface area contributed by atoms with Gasteiger partial charge in [0.15, 0.2) is 11.0 Å². The van der Waals surface area contributed by atoms with Gasteiger partial charge in [-0.2, -0.15) is 13.2 Å². The van der Waals surface area contributed by atoms with Crippen molar-refractivity contribution in [3.63, 3.8) is 0 Å². The van der Waals surface area contributed by atoms with Crippen molar-refractivity contribution in [1.29, 1.82) is 0 Å². The third-order valence-electron chi connectivity index (χ3n) is 5.34. The molecule has 1 aliphatic rings. The summed E-state index contributed by atoms with van der Waals surface area (Å²) in [5.74, 6) is 0.494. The average molecular weight is 511 g/mol. The van der Waals surface area contributed by atoms with Crippen LogP contribution >= 0.6 is 23.4 Å². The van der Waals surface area contributed by atoms with E-state index in [0.717, 1.165) is 49.0 Å². The Morgan fingerprint density at radius 3 is 2.71 bits per heavy atom. The lowest BCUT2D eigenvalue weighted by molar-refractivity contribution is -0.137. The van der Waals surface area contributed by atoms with Gasteiger partial charge in [0, 0.05) is 12.4 Å². The van der Waals surface area contributed by atoms with Gasteiger partial charge in [-0.25, -0.2) is 0 Å². The van der Waals surface area contributed by atoms with E-state index in [1.807, 2.05) is 34.9 Å². The number of carbonyl (C=O) groups excluding carboxylic acids is 1. The lowest BCUT2D eigenvalue weighted by Crippen LogP contribution is -2.26. The van der Waals surface area contributed by atoms with Crippen LogP contribution in [0.2, 0.25) is 5.02 Å². The summed E-state index contributed by atoms with van der Waals surface area (Å²) in [5, 5.41) is 11.7. The van der Waals surface area contributed by atoms with Gasteiger partial charge in [-0.3, -0.25) is 4.79 Å². The summed E-state index contributed by atoms with van der Waals surface area (Å²) >= 11 is 7.52. The third kappa shape index (κ3) is 6.11. The van der Waals surface area contributed by atoms with E-state index in [1.54, 1.807) is 0 Å². The molecule has 2 heterocycles. The van der Waals surface area contributed by atoms with Gasteiger partial charge in [-0.1, -0.05) is 53.7 Å². The molecule has 1 aromatic heterocycles. The van der Waals surface area contributed by atoms with Crippen LogP contribution in [-0.2, 0) is 24.0 Å². The monoisotopic (exact) mass is 510 g/mol. The topological polar surface area (TPSA) is 69.0 Å². The molecule has 1 amide bonds. The van der Waals surface area contributed by atoms with Crippen LogP contribution in [0.15, 0.2) is 53.7 Å².